The fraction of sp³-hybridized carbons (Fsp3) is 0.333. The van der Waals surface area contributed by atoms with Crippen molar-refractivity contribution in [1.29, 1.82) is 0 Å². The number of carboxylic acids is 1. The minimum atomic E-state index is -0.821. The number of aliphatic carboxylic acids is 1. The van der Waals surface area contributed by atoms with E-state index in [0.717, 1.165) is 54.7 Å². The smallest absolute Gasteiger partial charge is 0.307 e. The lowest BCUT2D eigenvalue weighted by atomic mass is 10.1. The van der Waals surface area contributed by atoms with Crippen molar-refractivity contribution < 1.29 is 14.6 Å². The molecule has 0 radical (unpaired) electrons. The molecule has 7 heteroatoms. The zero-order valence-electron chi connectivity index (χ0n) is 15.6. The standard InChI is InChI=1S/C21H23N3O3S/c25-20(26)15-16-5-7-17(8-6-16)27-14-13-23-9-11-24(12-10-23)21-22-18-3-1-2-4-19(18)28-21/h1-8H,9-15H2,(H,25,26). The summed E-state index contributed by atoms with van der Waals surface area (Å²) in [6, 6.07) is 15.6. The lowest BCUT2D eigenvalue weighted by Crippen LogP contribution is -2.47. The number of para-hydroxylation sites is 1. The van der Waals surface area contributed by atoms with E-state index >= 15 is 0 Å². The van der Waals surface area contributed by atoms with Gasteiger partial charge in [-0.15, -0.1) is 0 Å². The van der Waals surface area contributed by atoms with Crippen molar-refractivity contribution in [2.75, 3.05) is 44.2 Å². The Kier molecular flexibility index (Phi) is 5.73. The van der Waals surface area contributed by atoms with Crippen molar-refractivity contribution in [2.24, 2.45) is 0 Å². The average Bonchev–Trinajstić information content (AvgIpc) is 3.14. The van der Waals surface area contributed by atoms with Gasteiger partial charge in [0.05, 0.1) is 16.6 Å². The van der Waals surface area contributed by atoms with Gasteiger partial charge in [0.2, 0.25) is 0 Å². The van der Waals surface area contributed by atoms with Crippen molar-refractivity contribution in [1.82, 2.24) is 9.88 Å². The molecule has 1 fully saturated rings. The first-order valence-corrected chi connectivity index (χ1v) is 10.3. The molecule has 0 bridgehead atoms. The number of rotatable bonds is 7. The summed E-state index contributed by atoms with van der Waals surface area (Å²) in [4.78, 5) is 20.2. The van der Waals surface area contributed by atoms with Crippen LogP contribution in [0.15, 0.2) is 48.5 Å². The number of aromatic nitrogens is 1. The van der Waals surface area contributed by atoms with Gasteiger partial charge in [0.15, 0.2) is 5.13 Å². The summed E-state index contributed by atoms with van der Waals surface area (Å²) >= 11 is 1.76. The SMILES string of the molecule is O=C(O)Cc1ccc(OCCN2CCN(c3nc4ccccc4s3)CC2)cc1. The molecule has 146 valence electrons. The first-order valence-electron chi connectivity index (χ1n) is 9.44. The number of thiazole rings is 1. The van der Waals surface area contributed by atoms with Gasteiger partial charge in [-0.1, -0.05) is 35.6 Å². The Morgan fingerprint density at radius 1 is 1.07 bits per heavy atom. The number of hydrogen-bond donors (Lipinski definition) is 1. The number of piperazine rings is 1. The number of carboxylic acid groups (broad SMARTS) is 1. The Labute approximate surface area is 168 Å². The summed E-state index contributed by atoms with van der Waals surface area (Å²) in [6.07, 6.45) is 0.0409. The fourth-order valence-corrected chi connectivity index (χ4v) is 4.35. The van der Waals surface area contributed by atoms with Gasteiger partial charge in [0.1, 0.15) is 12.4 Å². The van der Waals surface area contributed by atoms with Crippen LogP contribution in [0.25, 0.3) is 10.2 Å². The van der Waals surface area contributed by atoms with Gasteiger partial charge in [-0.3, -0.25) is 9.69 Å². The van der Waals surface area contributed by atoms with Gasteiger partial charge >= 0.3 is 5.97 Å². The number of hydrogen-bond acceptors (Lipinski definition) is 6. The molecule has 0 atom stereocenters. The van der Waals surface area contributed by atoms with E-state index in [2.05, 4.69) is 28.0 Å². The largest absolute Gasteiger partial charge is 0.492 e. The predicted molar refractivity (Wildman–Crippen MR) is 112 cm³/mol. The Balaban J connectivity index is 1.22. The average molecular weight is 398 g/mol. The minimum Gasteiger partial charge on any atom is -0.492 e. The van der Waals surface area contributed by atoms with Gasteiger partial charge in [-0.25, -0.2) is 4.98 Å². The fourth-order valence-electron chi connectivity index (χ4n) is 3.33. The van der Waals surface area contributed by atoms with E-state index < -0.39 is 5.97 Å². The van der Waals surface area contributed by atoms with E-state index in [-0.39, 0.29) is 6.42 Å². The van der Waals surface area contributed by atoms with Crippen molar-refractivity contribution in [3.8, 4) is 5.75 Å². The number of carbonyl (C=O) groups is 1. The molecule has 2 aromatic carbocycles. The topological polar surface area (TPSA) is 65.9 Å². The molecular formula is C21H23N3O3S. The van der Waals surface area contributed by atoms with Crippen LogP contribution in [-0.4, -0.2) is 60.3 Å². The monoisotopic (exact) mass is 397 g/mol. The third kappa shape index (κ3) is 4.61. The zero-order valence-corrected chi connectivity index (χ0v) is 16.4. The number of nitrogens with zero attached hydrogens (tertiary/aromatic N) is 3. The molecule has 1 saturated heterocycles. The molecule has 3 aromatic rings. The molecule has 0 aliphatic carbocycles. The summed E-state index contributed by atoms with van der Waals surface area (Å²) in [7, 11) is 0. The van der Waals surface area contributed by atoms with Gasteiger partial charge in [-0.2, -0.15) is 0 Å². The summed E-state index contributed by atoms with van der Waals surface area (Å²) in [5.74, 6) is -0.0408. The molecule has 0 unspecified atom stereocenters. The second-order valence-electron chi connectivity index (χ2n) is 6.86. The van der Waals surface area contributed by atoms with Gasteiger partial charge < -0.3 is 14.7 Å². The molecule has 0 saturated carbocycles. The van der Waals surface area contributed by atoms with Crippen LogP contribution in [0.3, 0.4) is 0 Å². The van der Waals surface area contributed by atoms with Crippen LogP contribution in [0.2, 0.25) is 0 Å². The van der Waals surface area contributed by atoms with E-state index in [0.29, 0.717) is 6.61 Å². The highest BCUT2D eigenvalue weighted by atomic mass is 32.1. The maximum Gasteiger partial charge on any atom is 0.307 e. The number of anilines is 1. The molecule has 6 nitrogen and oxygen atoms in total. The third-order valence-corrected chi connectivity index (χ3v) is 5.98. The van der Waals surface area contributed by atoms with E-state index in [1.54, 1.807) is 23.5 Å². The molecule has 1 aromatic heterocycles. The quantitative estimate of drug-likeness (QED) is 0.661. The molecule has 4 rings (SSSR count). The summed E-state index contributed by atoms with van der Waals surface area (Å²) in [5, 5.41) is 9.92. The Bertz CT molecular complexity index is 900. The van der Waals surface area contributed by atoms with E-state index in [9.17, 15) is 4.79 Å². The van der Waals surface area contributed by atoms with Crippen LogP contribution < -0.4 is 9.64 Å². The Hall–Kier alpha value is -2.64. The minimum absolute atomic E-state index is 0.0409. The molecule has 2 heterocycles. The van der Waals surface area contributed by atoms with Crippen molar-refractivity contribution in [3.63, 3.8) is 0 Å². The lowest BCUT2D eigenvalue weighted by molar-refractivity contribution is -0.136. The second-order valence-corrected chi connectivity index (χ2v) is 7.86. The maximum absolute atomic E-state index is 10.7. The van der Waals surface area contributed by atoms with Crippen LogP contribution in [0.4, 0.5) is 5.13 Å². The summed E-state index contributed by atoms with van der Waals surface area (Å²) in [6.45, 7) is 5.45. The van der Waals surface area contributed by atoms with E-state index in [1.165, 1.54) is 4.70 Å². The first-order chi connectivity index (χ1) is 13.7. The Morgan fingerprint density at radius 3 is 2.54 bits per heavy atom. The molecule has 1 aliphatic heterocycles. The zero-order chi connectivity index (χ0) is 19.3. The molecule has 28 heavy (non-hydrogen) atoms. The molecular weight excluding hydrogens is 374 g/mol. The molecule has 0 spiro atoms. The lowest BCUT2D eigenvalue weighted by Gasteiger charge is -2.34. The molecule has 1 aliphatic rings. The van der Waals surface area contributed by atoms with Crippen LogP contribution in [0.1, 0.15) is 5.56 Å². The second kappa shape index (κ2) is 8.58. The number of fused-ring (bicyclic) bond motifs is 1. The number of ether oxygens (including phenoxy) is 1. The van der Waals surface area contributed by atoms with Crippen molar-refractivity contribution in [3.05, 3.63) is 54.1 Å². The third-order valence-electron chi connectivity index (χ3n) is 4.88. The number of benzene rings is 2. The molecule has 1 N–H and O–H groups in total. The van der Waals surface area contributed by atoms with Crippen LogP contribution in [-0.2, 0) is 11.2 Å². The molecule has 0 amide bonds. The van der Waals surface area contributed by atoms with Crippen LogP contribution in [0, 0.1) is 0 Å². The highest BCUT2D eigenvalue weighted by Gasteiger charge is 2.19. The van der Waals surface area contributed by atoms with Gasteiger partial charge in [-0.05, 0) is 29.8 Å². The van der Waals surface area contributed by atoms with Gasteiger partial charge in [0.25, 0.3) is 0 Å². The predicted octanol–water partition coefficient (Wildman–Crippen LogP) is 3.12. The van der Waals surface area contributed by atoms with E-state index in [1.807, 2.05) is 18.2 Å². The van der Waals surface area contributed by atoms with Crippen LogP contribution in [0.5, 0.6) is 5.75 Å². The van der Waals surface area contributed by atoms with Crippen LogP contribution >= 0.6 is 11.3 Å². The first kappa shape index (κ1) is 18.7. The Morgan fingerprint density at radius 2 is 1.82 bits per heavy atom. The van der Waals surface area contributed by atoms with Crippen molar-refractivity contribution in [2.45, 2.75) is 6.42 Å². The summed E-state index contributed by atoms with van der Waals surface area (Å²) in [5.41, 5.74) is 1.86. The van der Waals surface area contributed by atoms with Gasteiger partial charge in [0, 0.05) is 32.7 Å². The van der Waals surface area contributed by atoms with Crippen molar-refractivity contribution >= 4 is 32.7 Å². The highest BCUT2D eigenvalue weighted by Crippen LogP contribution is 2.29. The summed E-state index contributed by atoms with van der Waals surface area (Å²) < 4.78 is 7.05. The van der Waals surface area contributed by atoms with E-state index in [4.69, 9.17) is 14.8 Å². The maximum atomic E-state index is 10.7. The normalized spacial score (nSPS) is 15.1. The highest BCUT2D eigenvalue weighted by molar-refractivity contribution is 7.22.